The minimum atomic E-state index is -0.0920. The first-order valence-electron chi connectivity index (χ1n) is 5.55. The van der Waals surface area contributed by atoms with Crippen LogP contribution in [0.4, 0.5) is 5.69 Å². The van der Waals surface area contributed by atoms with E-state index in [1.165, 1.54) is 4.90 Å². The van der Waals surface area contributed by atoms with Crippen LogP contribution in [0.3, 0.4) is 0 Å². The third-order valence-corrected chi connectivity index (χ3v) is 2.69. The summed E-state index contributed by atoms with van der Waals surface area (Å²) in [6, 6.07) is 18.1. The quantitative estimate of drug-likeness (QED) is 0.804. The summed E-state index contributed by atoms with van der Waals surface area (Å²) < 4.78 is 0. The predicted octanol–water partition coefficient (Wildman–Crippen LogP) is 2.83. The van der Waals surface area contributed by atoms with E-state index in [4.69, 9.17) is 5.26 Å². The van der Waals surface area contributed by atoms with Gasteiger partial charge in [0.15, 0.2) is 0 Å². The standard InChI is InChI=1S/C15H12N2O/c1-17(14-9-5-6-12(10-14)11-16)15(18)13-7-3-2-4-8-13/h2-10H,1H3. The average Bonchev–Trinajstić information content (AvgIpc) is 2.46. The van der Waals surface area contributed by atoms with Gasteiger partial charge in [0.1, 0.15) is 0 Å². The van der Waals surface area contributed by atoms with Crippen molar-refractivity contribution >= 4 is 11.6 Å². The Morgan fingerprint density at radius 1 is 1.11 bits per heavy atom. The van der Waals surface area contributed by atoms with Gasteiger partial charge in [-0.05, 0) is 30.3 Å². The van der Waals surface area contributed by atoms with E-state index in [1.54, 1.807) is 37.4 Å². The summed E-state index contributed by atoms with van der Waals surface area (Å²) >= 11 is 0. The van der Waals surface area contributed by atoms with Gasteiger partial charge in [-0.3, -0.25) is 4.79 Å². The SMILES string of the molecule is CN(C(=O)c1ccccc1)c1cccc(C#N)c1. The summed E-state index contributed by atoms with van der Waals surface area (Å²) in [6.07, 6.45) is 0. The predicted molar refractivity (Wildman–Crippen MR) is 70.3 cm³/mol. The lowest BCUT2D eigenvalue weighted by Crippen LogP contribution is -2.26. The van der Waals surface area contributed by atoms with Gasteiger partial charge < -0.3 is 4.90 Å². The molecule has 0 saturated heterocycles. The van der Waals surface area contributed by atoms with Gasteiger partial charge in [0, 0.05) is 18.3 Å². The molecule has 2 rings (SSSR count). The summed E-state index contributed by atoms with van der Waals surface area (Å²) in [7, 11) is 1.70. The summed E-state index contributed by atoms with van der Waals surface area (Å²) in [6.45, 7) is 0. The Kier molecular flexibility index (Phi) is 3.40. The highest BCUT2D eigenvalue weighted by Gasteiger charge is 2.12. The molecule has 1 amide bonds. The zero-order valence-corrected chi connectivity index (χ0v) is 10.00. The number of nitrogens with zero attached hydrogens (tertiary/aromatic N) is 2. The number of carbonyl (C=O) groups excluding carboxylic acids is 1. The van der Waals surface area contributed by atoms with E-state index in [1.807, 2.05) is 24.3 Å². The monoisotopic (exact) mass is 236 g/mol. The van der Waals surface area contributed by atoms with Crippen molar-refractivity contribution in [2.24, 2.45) is 0 Å². The largest absolute Gasteiger partial charge is 0.311 e. The summed E-state index contributed by atoms with van der Waals surface area (Å²) in [5.74, 6) is -0.0920. The average molecular weight is 236 g/mol. The Balaban J connectivity index is 2.29. The van der Waals surface area contributed by atoms with E-state index in [0.717, 1.165) is 0 Å². The van der Waals surface area contributed by atoms with Crippen LogP contribution < -0.4 is 4.90 Å². The molecule has 0 bridgehead atoms. The minimum absolute atomic E-state index is 0.0920. The van der Waals surface area contributed by atoms with E-state index in [-0.39, 0.29) is 5.91 Å². The first kappa shape index (κ1) is 11.9. The molecule has 18 heavy (non-hydrogen) atoms. The highest BCUT2D eigenvalue weighted by atomic mass is 16.2. The second-order valence-electron chi connectivity index (χ2n) is 3.89. The van der Waals surface area contributed by atoms with Crippen molar-refractivity contribution in [1.29, 1.82) is 5.26 Å². The lowest BCUT2D eigenvalue weighted by molar-refractivity contribution is 0.0993. The van der Waals surface area contributed by atoms with Gasteiger partial charge in [0.2, 0.25) is 0 Å². The molecule has 88 valence electrons. The Hall–Kier alpha value is -2.60. The lowest BCUT2D eigenvalue weighted by Gasteiger charge is -2.17. The van der Waals surface area contributed by atoms with Crippen molar-refractivity contribution in [2.45, 2.75) is 0 Å². The molecule has 0 heterocycles. The fourth-order valence-corrected chi connectivity index (χ4v) is 1.68. The maximum Gasteiger partial charge on any atom is 0.258 e. The molecule has 0 saturated carbocycles. The van der Waals surface area contributed by atoms with E-state index >= 15 is 0 Å². The molecule has 0 N–H and O–H groups in total. The number of amides is 1. The molecule has 2 aromatic carbocycles. The molecule has 0 aliphatic rings. The highest BCUT2D eigenvalue weighted by molar-refractivity contribution is 6.05. The number of hydrogen-bond acceptors (Lipinski definition) is 2. The topological polar surface area (TPSA) is 44.1 Å². The van der Waals surface area contributed by atoms with E-state index in [0.29, 0.717) is 16.8 Å². The van der Waals surface area contributed by atoms with Crippen LogP contribution in [0.15, 0.2) is 54.6 Å². The zero-order valence-electron chi connectivity index (χ0n) is 10.00. The normalized spacial score (nSPS) is 9.56. The first-order valence-corrected chi connectivity index (χ1v) is 5.55. The molecule has 0 spiro atoms. The van der Waals surface area contributed by atoms with Crippen molar-refractivity contribution in [3.8, 4) is 6.07 Å². The molecule has 3 heteroatoms. The van der Waals surface area contributed by atoms with Crippen LogP contribution in [-0.2, 0) is 0 Å². The van der Waals surface area contributed by atoms with Crippen LogP contribution in [0.25, 0.3) is 0 Å². The van der Waals surface area contributed by atoms with E-state index in [9.17, 15) is 4.79 Å². The van der Waals surface area contributed by atoms with Crippen LogP contribution in [0.1, 0.15) is 15.9 Å². The molecular weight excluding hydrogens is 224 g/mol. The molecule has 0 unspecified atom stereocenters. The van der Waals surface area contributed by atoms with Crippen molar-refractivity contribution in [1.82, 2.24) is 0 Å². The first-order chi connectivity index (χ1) is 8.72. The second kappa shape index (κ2) is 5.15. The van der Waals surface area contributed by atoms with Gasteiger partial charge in [0.05, 0.1) is 11.6 Å². The third kappa shape index (κ3) is 2.38. The fraction of sp³-hybridized carbons (Fsp3) is 0.0667. The van der Waals surface area contributed by atoms with Gasteiger partial charge in [-0.25, -0.2) is 0 Å². The minimum Gasteiger partial charge on any atom is -0.311 e. The van der Waals surface area contributed by atoms with Crippen LogP contribution in [-0.4, -0.2) is 13.0 Å². The number of hydrogen-bond donors (Lipinski definition) is 0. The second-order valence-corrected chi connectivity index (χ2v) is 3.89. The number of rotatable bonds is 2. The Labute approximate surface area is 106 Å². The number of anilines is 1. The zero-order chi connectivity index (χ0) is 13.0. The van der Waals surface area contributed by atoms with Crippen LogP contribution >= 0.6 is 0 Å². The van der Waals surface area contributed by atoms with Gasteiger partial charge in [-0.2, -0.15) is 5.26 Å². The van der Waals surface area contributed by atoms with Crippen molar-refractivity contribution in [2.75, 3.05) is 11.9 Å². The maximum atomic E-state index is 12.2. The van der Waals surface area contributed by atoms with Crippen LogP contribution in [0.5, 0.6) is 0 Å². The van der Waals surface area contributed by atoms with Crippen molar-refractivity contribution in [3.63, 3.8) is 0 Å². The smallest absolute Gasteiger partial charge is 0.258 e. The highest BCUT2D eigenvalue weighted by Crippen LogP contribution is 2.16. The number of benzene rings is 2. The lowest BCUT2D eigenvalue weighted by atomic mass is 10.1. The number of nitriles is 1. The van der Waals surface area contributed by atoms with E-state index < -0.39 is 0 Å². The summed E-state index contributed by atoms with van der Waals surface area (Å²) in [5.41, 5.74) is 1.88. The van der Waals surface area contributed by atoms with Crippen LogP contribution in [0.2, 0.25) is 0 Å². The molecule has 0 fully saturated rings. The molecule has 0 atom stereocenters. The Morgan fingerprint density at radius 2 is 1.83 bits per heavy atom. The molecule has 3 nitrogen and oxygen atoms in total. The summed E-state index contributed by atoms with van der Waals surface area (Å²) in [4.78, 5) is 13.7. The van der Waals surface area contributed by atoms with Crippen LogP contribution in [0, 0.1) is 11.3 Å². The van der Waals surface area contributed by atoms with E-state index in [2.05, 4.69) is 6.07 Å². The molecule has 0 aromatic heterocycles. The fourth-order valence-electron chi connectivity index (χ4n) is 1.68. The van der Waals surface area contributed by atoms with Gasteiger partial charge in [0.25, 0.3) is 5.91 Å². The Morgan fingerprint density at radius 3 is 2.50 bits per heavy atom. The number of carbonyl (C=O) groups is 1. The van der Waals surface area contributed by atoms with Crippen molar-refractivity contribution in [3.05, 3.63) is 65.7 Å². The molecular formula is C15H12N2O. The molecule has 0 aliphatic carbocycles. The van der Waals surface area contributed by atoms with Gasteiger partial charge in [-0.1, -0.05) is 24.3 Å². The third-order valence-electron chi connectivity index (χ3n) is 2.69. The molecule has 0 radical (unpaired) electrons. The Bertz CT molecular complexity index is 599. The van der Waals surface area contributed by atoms with Gasteiger partial charge in [-0.15, -0.1) is 0 Å². The molecule has 2 aromatic rings. The molecule has 0 aliphatic heterocycles. The summed E-state index contributed by atoms with van der Waals surface area (Å²) in [5, 5.41) is 8.85. The van der Waals surface area contributed by atoms with Crippen molar-refractivity contribution < 1.29 is 4.79 Å². The maximum absolute atomic E-state index is 12.2. The van der Waals surface area contributed by atoms with Gasteiger partial charge >= 0.3 is 0 Å².